The monoisotopic (exact) mass is 333 g/mol. The Hall–Kier alpha value is -2.83. The molecule has 0 bridgehead atoms. The van der Waals surface area contributed by atoms with Crippen LogP contribution >= 0.6 is 0 Å². The summed E-state index contributed by atoms with van der Waals surface area (Å²) in [6, 6.07) is 8.81. The van der Waals surface area contributed by atoms with E-state index >= 15 is 0 Å². The molecule has 0 aliphatic rings. The summed E-state index contributed by atoms with van der Waals surface area (Å²) in [5.74, 6) is -0.568. The number of ether oxygens (including phenoxy) is 1. The maximum Gasteiger partial charge on any atom is 0.266 e. The quantitative estimate of drug-likeness (QED) is 0.706. The molecule has 0 unspecified atom stereocenters. The van der Waals surface area contributed by atoms with Gasteiger partial charge in [0.1, 0.15) is 5.82 Å². The van der Waals surface area contributed by atoms with Crippen molar-refractivity contribution in [3.8, 4) is 17.1 Å². The molecule has 0 atom stereocenters. The van der Waals surface area contributed by atoms with Crippen LogP contribution in [0.15, 0.2) is 48.8 Å². The summed E-state index contributed by atoms with van der Waals surface area (Å²) in [7, 11) is 1.48. The molecule has 0 spiro atoms. The van der Waals surface area contributed by atoms with Gasteiger partial charge in [-0.1, -0.05) is 0 Å². The third-order valence-electron chi connectivity index (χ3n) is 3.55. The number of hydrogen-bond donors (Lipinski definition) is 0. The van der Waals surface area contributed by atoms with Crippen LogP contribution in [0.2, 0.25) is 0 Å². The molecule has 0 saturated heterocycles. The molecule has 2 aromatic heterocycles. The third kappa shape index (κ3) is 3.24. The van der Waals surface area contributed by atoms with Gasteiger partial charge in [0.05, 0.1) is 24.9 Å². The topological polar surface area (TPSA) is 39.9 Å². The van der Waals surface area contributed by atoms with Gasteiger partial charge in [-0.15, -0.1) is 0 Å². The lowest BCUT2D eigenvalue weighted by atomic mass is 10.1. The molecule has 1 aromatic carbocycles. The predicted molar refractivity (Wildman–Crippen MR) is 82.5 cm³/mol. The highest BCUT2D eigenvalue weighted by Crippen LogP contribution is 2.29. The van der Waals surface area contributed by atoms with Gasteiger partial charge in [0, 0.05) is 23.5 Å². The molecule has 0 saturated carbocycles. The first kappa shape index (κ1) is 16.0. The van der Waals surface area contributed by atoms with Crippen molar-refractivity contribution < 1.29 is 17.9 Å². The second-order valence-corrected chi connectivity index (χ2v) is 5.11. The van der Waals surface area contributed by atoms with Crippen LogP contribution < -0.4 is 4.74 Å². The molecule has 7 heteroatoms. The number of methoxy groups -OCH3 is 1. The van der Waals surface area contributed by atoms with E-state index in [1.807, 2.05) is 6.20 Å². The number of aromatic nitrogens is 3. The number of alkyl halides is 2. The maximum atomic E-state index is 13.4. The largest absolute Gasteiger partial charge is 0.481 e. The first-order valence-electron chi connectivity index (χ1n) is 7.18. The highest BCUT2D eigenvalue weighted by atomic mass is 19.3. The summed E-state index contributed by atoms with van der Waals surface area (Å²) < 4.78 is 46.1. The Morgan fingerprint density at radius 3 is 2.71 bits per heavy atom. The molecule has 0 amide bonds. The fraction of sp³-hybridized carbons (Fsp3) is 0.176. The van der Waals surface area contributed by atoms with Gasteiger partial charge in [-0.05, 0) is 36.4 Å². The molecular weight excluding hydrogens is 319 g/mol. The van der Waals surface area contributed by atoms with Crippen LogP contribution in [0, 0.1) is 5.82 Å². The van der Waals surface area contributed by atoms with E-state index < -0.39 is 17.8 Å². The normalized spacial score (nSPS) is 11.0. The van der Waals surface area contributed by atoms with E-state index in [0.29, 0.717) is 23.7 Å². The van der Waals surface area contributed by atoms with Crippen molar-refractivity contribution in [2.45, 2.75) is 13.0 Å². The van der Waals surface area contributed by atoms with Crippen LogP contribution in [0.4, 0.5) is 13.2 Å². The van der Waals surface area contributed by atoms with E-state index in [9.17, 15) is 13.2 Å². The van der Waals surface area contributed by atoms with Gasteiger partial charge >= 0.3 is 0 Å². The number of hydrogen-bond acceptors (Lipinski definition) is 3. The third-order valence-corrected chi connectivity index (χ3v) is 3.55. The van der Waals surface area contributed by atoms with Gasteiger partial charge in [-0.25, -0.2) is 18.2 Å². The van der Waals surface area contributed by atoms with Crippen LogP contribution in [-0.4, -0.2) is 21.9 Å². The van der Waals surface area contributed by atoms with E-state index in [-0.39, 0.29) is 0 Å². The zero-order chi connectivity index (χ0) is 17.1. The second kappa shape index (κ2) is 6.74. The Labute approximate surface area is 136 Å². The fourth-order valence-corrected chi connectivity index (χ4v) is 2.37. The van der Waals surface area contributed by atoms with E-state index in [4.69, 9.17) is 4.74 Å². The van der Waals surface area contributed by atoms with Gasteiger partial charge in [0.15, 0.2) is 0 Å². The summed E-state index contributed by atoms with van der Waals surface area (Å²) in [5, 5.41) is 4.12. The van der Waals surface area contributed by atoms with E-state index in [1.165, 1.54) is 13.2 Å². The molecule has 24 heavy (non-hydrogen) atoms. The van der Waals surface area contributed by atoms with Crippen molar-refractivity contribution in [3.63, 3.8) is 0 Å². The number of nitrogens with zero attached hydrogens (tertiary/aromatic N) is 3. The van der Waals surface area contributed by atoms with Gasteiger partial charge < -0.3 is 4.74 Å². The molecule has 0 aliphatic heterocycles. The molecule has 0 N–H and O–H groups in total. The van der Waals surface area contributed by atoms with Crippen molar-refractivity contribution in [1.82, 2.24) is 14.8 Å². The summed E-state index contributed by atoms with van der Waals surface area (Å²) in [6.45, 7) is 0.467. The summed E-state index contributed by atoms with van der Waals surface area (Å²) >= 11 is 0. The highest BCUT2D eigenvalue weighted by Gasteiger charge is 2.16. The Bertz CT molecular complexity index is 835. The maximum absolute atomic E-state index is 13.4. The first-order valence-corrected chi connectivity index (χ1v) is 7.18. The van der Waals surface area contributed by atoms with Crippen LogP contribution in [-0.2, 0) is 6.54 Å². The average molecular weight is 333 g/mol. The lowest BCUT2D eigenvalue weighted by molar-refractivity contribution is 0.146. The average Bonchev–Trinajstić information content (AvgIpc) is 3.08. The van der Waals surface area contributed by atoms with E-state index in [1.54, 1.807) is 29.1 Å². The van der Waals surface area contributed by atoms with Crippen molar-refractivity contribution in [3.05, 3.63) is 65.7 Å². The fourth-order valence-electron chi connectivity index (χ4n) is 2.37. The molecule has 3 aromatic rings. The lowest BCUT2D eigenvalue weighted by Gasteiger charge is -2.11. The van der Waals surface area contributed by atoms with Crippen molar-refractivity contribution in [2.75, 3.05) is 7.11 Å². The van der Waals surface area contributed by atoms with Crippen molar-refractivity contribution >= 4 is 0 Å². The Kier molecular flexibility index (Phi) is 4.50. The smallest absolute Gasteiger partial charge is 0.266 e. The summed E-state index contributed by atoms with van der Waals surface area (Å²) in [5.41, 5.74) is 0.976. The number of rotatable bonds is 5. The predicted octanol–water partition coefficient (Wildman–Crippen LogP) is 4.08. The molecule has 124 valence electrons. The van der Waals surface area contributed by atoms with Crippen molar-refractivity contribution in [2.24, 2.45) is 0 Å². The molecule has 0 radical (unpaired) electrons. The lowest BCUT2D eigenvalue weighted by Crippen LogP contribution is -2.04. The van der Waals surface area contributed by atoms with E-state index in [2.05, 4.69) is 10.1 Å². The molecule has 0 fully saturated rings. The van der Waals surface area contributed by atoms with Crippen LogP contribution in [0.1, 0.15) is 17.6 Å². The summed E-state index contributed by atoms with van der Waals surface area (Å²) in [6.07, 6.45) is 0.590. The van der Waals surface area contributed by atoms with Crippen LogP contribution in [0.5, 0.6) is 5.88 Å². The zero-order valence-corrected chi connectivity index (χ0v) is 12.8. The number of halogens is 3. The molecule has 0 aliphatic carbocycles. The SMILES string of the molecule is COc1nc(-c2ccc(F)c(C(F)F)c2)ccc1Cn1cccn1. The number of benzene rings is 1. The Morgan fingerprint density at radius 2 is 2.04 bits per heavy atom. The van der Waals surface area contributed by atoms with Crippen LogP contribution in [0.3, 0.4) is 0 Å². The van der Waals surface area contributed by atoms with Gasteiger partial charge in [0.2, 0.25) is 5.88 Å². The van der Waals surface area contributed by atoms with Gasteiger partial charge in [0.25, 0.3) is 6.43 Å². The van der Waals surface area contributed by atoms with E-state index in [0.717, 1.165) is 17.7 Å². The second-order valence-electron chi connectivity index (χ2n) is 5.11. The minimum absolute atomic E-state index is 0.367. The standard InChI is InChI=1S/C17H14F3N3O/c1-24-17-12(10-23-8-2-7-21-23)4-6-15(22-17)11-3-5-14(18)13(9-11)16(19)20/h2-9,16H,10H2,1H3. The molecule has 2 heterocycles. The molecular formula is C17H14F3N3O. The Morgan fingerprint density at radius 1 is 1.21 bits per heavy atom. The molecule has 4 nitrogen and oxygen atoms in total. The minimum Gasteiger partial charge on any atom is -0.481 e. The minimum atomic E-state index is -2.88. The Balaban J connectivity index is 1.96. The first-order chi connectivity index (χ1) is 11.6. The highest BCUT2D eigenvalue weighted by molar-refractivity contribution is 5.61. The molecule has 3 rings (SSSR count). The van der Waals surface area contributed by atoms with Gasteiger partial charge in [-0.3, -0.25) is 4.68 Å². The summed E-state index contributed by atoms with van der Waals surface area (Å²) in [4.78, 5) is 4.34. The van der Waals surface area contributed by atoms with Crippen LogP contribution in [0.25, 0.3) is 11.3 Å². The zero-order valence-electron chi connectivity index (χ0n) is 12.8. The van der Waals surface area contributed by atoms with Crippen molar-refractivity contribution in [1.29, 1.82) is 0 Å². The number of pyridine rings is 1. The van der Waals surface area contributed by atoms with Gasteiger partial charge in [-0.2, -0.15) is 5.10 Å².